The molecule has 1 unspecified atom stereocenters. The molecule has 3 heterocycles. The first-order chi connectivity index (χ1) is 9.56. The van der Waals surface area contributed by atoms with Gasteiger partial charge in [-0.2, -0.15) is 0 Å². The minimum atomic E-state index is -0.347. The van der Waals surface area contributed by atoms with E-state index in [2.05, 4.69) is 0 Å². The molecule has 106 valence electrons. The van der Waals surface area contributed by atoms with Crippen LogP contribution < -0.4 is 0 Å². The van der Waals surface area contributed by atoms with Crippen molar-refractivity contribution in [2.75, 3.05) is 19.6 Å². The standard InChI is InChI=1S/C14H17N3O3/c1-15-6-4-10(7-15)12(18)8-16-9-13(19)17-5-2-3-11(17)14(16)20/h4,6-7,11H,2-3,5,8-9H2,1H3. The third kappa shape index (κ3) is 2.11. The second kappa shape index (κ2) is 4.77. The molecule has 1 aromatic heterocycles. The molecule has 2 fully saturated rings. The summed E-state index contributed by atoms with van der Waals surface area (Å²) in [6.07, 6.45) is 5.08. The van der Waals surface area contributed by atoms with E-state index in [1.165, 1.54) is 4.90 Å². The van der Waals surface area contributed by atoms with Crippen molar-refractivity contribution in [3.8, 4) is 0 Å². The molecule has 3 rings (SSSR count). The quantitative estimate of drug-likeness (QED) is 0.732. The van der Waals surface area contributed by atoms with Crippen molar-refractivity contribution in [2.45, 2.75) is 18.9 Å². The van der Waals surface area contributed by atoms with Gasteiger partial charge in [0.05, 0.1) is 6.54 Å². The van der Waals surface area contributed by atoms with Crippen LogP contribution in [0.2, 0.25) is 0 Å². The average Bonchev–Trinajstić information content (AvgIpc) is 3.04. The summed E-state index contributed by atoms with van der Waals surface area (Å²) in [6.45, 7) is 0.669. The zero-order valence-corrected chi connectivity index (χ0v) is 11.4. The molecular formula is C14H17N3O3. The average molecular weight is 275 g/mol. The molecule has 1 atom stereocenters. The number of fused-ring (bicyclic) bond motifs is 1. The van der Waals surface area contributed by atoms with Gasteiger partial charge >= 0.3 is 0 Å². The van der Waals surface area contributed by atoms with Gasteiger partial charge in [-0.1, -0.05) is 0 Å². The molecular weight excluding hydrogens is 258 g/mol. The monoisotopic (exact) mass is 275 g/mol. The highest BCUT2D eigenvalue weighted by molar-refractivity contribution is 6.02. The van der Waals surface area contributed by atoms with Gasteiger partial charge in [0, 0.05) is 31.5 Å². The largest absolute Gasteiger partial charge is 0.357 e. The van der Waals surface area contributed by atoms with E-state index in [1.807, 2.05) is 7.05 Å². The lowest BCUT2D eigenvalue weighted by Crippen LogP contribution is -2.58. The molecule has 6 heteroatoms. The van der Waals surface area contributed by atoms with E-state index in [0.29, 0.717) is 18.5 Å². The predicted molar refractivity (Wildman–Crippen MR) is 71.1 cm³/mol. The van der Waals surface area contributed by atoms with Crippen molar-refractivity contribution in [1.82, 2.24) is 14.4 Å². The van der Waals surface area contributed by atoms with E-state index in [4.69, 9.17) is 0 Å². The van der Waals surface area contributed by atoms with E-state index in [1.54, 1.807) is 27.9 Å². The minimum absolute atomic E-state index is 0.0150. The predicted octanol–water partition coefficient (Wildman–Crippen LogP) is 0.0410. The summed E-state index contributed by atoms with van der Waals surface area (Å²) < 4.78 is 1.79. The fourth-order valence-corrected chi connectivity index (χ4v) is 2.93. The maximum atomic E-state index is 12.3. The number of Topliss-reactive ketones (excluding diaryl/α,β-unsaturated/α-hetero) is 1. The number of amides is 2. The number of aromatic nitrogens is 1. The zero-order chi connectivity index (χ0) is 14.3. The Labute approximate surface area is 116 Å². The summed E-state index contributed by atoms with van der Waals surface area (Å²) in [5.74, 6) is -0.266. The van der Waals surface area contributed by atoms with Crippen LogP contribution in [0.4, 0.5) is 0 Å². The lowest BCUT2D eigenvalue weighted by molar-refractivity contribution is -0.152. The van der Waals surface area contributed by atoms with Crippen LogP contribution in [0.3, 0.4) is 0 Å². The second-order valence-electron chi connectivity index (χ2n) is 5.43. The van der Waals surface area contributed by atoms with Crippen molar-refractivity contribution >= 4 is 17.6 Å². The van der Waals surface area contributed by atoms with Gasteiger partial charge < -0.3 is 14.4 Å². The van der Waals surface area contributed by atoms with Crippen molar-refractivity contribution in [1.29, 1.82) is 0 Å². The first-order valence-corrected chi connectivity index (χ1v) is 6.79. The Balaban J connectivity index is 1.72. The van der Waals surface area contributed by atoms with Crippen LogP contribution in [0.15, 0.2) is 18.5 Å². The number of ketones is 1. The summed E-state index contributed by atoms with van der Waals surface area (Å²) in [5.41, 5.74) is 0.571. The summed E-state index contributed by atoms with van der Waals surface area (Å²) in [4.78, 5) is 39.4. The molecule has 0 spiro atoms. The first kappa shape index (κ1) is 12.9. The Morgan fingerprint density at radius 2 is 2.20 bits per heavy atom. The molecule has 2 saturated heterocycles. The van der Waals surface area contributed by atoms with Crippen molar-refractivity contribution < 1.29 is 14.4 Å². The summed E-state index contributed by atoms with van der Waals surface area (Å²) >= 11 is 0. The van der Waals surface area contributed by atoms with Crippen LogP contribution in [-0.4, -0.2) is 57.6 Å². The van der Waals surface area contributed by atoms with Gasteiger partial charge in [0.15, 0.2) is 5.78 Å². The first-order valence-electron chi connectivity index (χ1n) is 6.79. The smallest absolute Gasteiger partial charge is 0.246 e. The molecule has 2 aliphatic rings. The lowest BCUT2D eigenvalue weighted by atomic mass is 10.1. The van der Waals surface area contributed by atoms with Gasteiger partial charge in [0.25, 0.3) is 0 Å². The number of nitrogens with zero attached hydrogens (tertiary/aromatic N) is 3. The Morgan fingerprint density at radius 3 is 2.90 bits per heavy atom. The normalized spacial score (nSPS) is 22.4. The number of carbonyl (C=O) groups excluding carboxylic acids is 3. The molecule has 0 radical (unpaired) electrons. The molecule has 6 nitrogen and oxygen atoms in total. The second-order valence-corrected chi connectivity index (χ2v) is 5.43. The van der Waals surface area contributed by atoms with Crippen LogP contribution in [0.25, 0.3) is 0 Å². The number of hydrogen-bond acceptors (Lipinski definition) is 3. The third-order valence-corrected chi connectivity index (χ3v) is 3.98. The SMILES string of the molecule is Cn1ccc(C(=O)CN2CC(=O)N3CCCC3C2=O)c1. The van der Waals surface area contributed by atoms with Crippen LogP contribution in [0, 0.1) is 0 Å². The van der Waals surface area contributed by atoms with Gasteiger partial charge in [-0.25, -0.2) is 0 Å². The maximum absolute atomic E-state index is 12.3. The number of piperazine rings is 1. The molecule has 1 aromatic rings. The molecule has 0 N–H and O–H groups in total. The van der Waals surface area contributed by atoms with Crippen molar-refractivity contribution in [3.63, 3.8) is 0 Å². The number of rotatable bonds is 3. The summed E-state index contributed by atoms with van der Waals surface area (Å²) in [7, 11) is 1.84. The van der Waals surface area contributed by atoms with Crippen molar-refractivity contribution in [3.05, 3.63) is 24.0 Å². The van der Waals surface area contributed by atoms with E-state index < -0.39 is 0 Å². The Kier molecular flexibility index (Phi) is 3.08. The Bertz CT molecular complexity index is 578. The molecule has 0 aromatic carbocycles. The maximum Gasteiger partial charge on any atom is 0.246 e. The van der Waals surface area contributed by atoms with Gasteiger partial charge in [0.2, 0.25) is 11.8 Å². The van der Waals surface area contributed by atoms with E-state index in [9.17, 15) is 14.4 Å². The molecule has 20 heavy (non-hydrogen) atoms. The van der Waals surface area contributed by atoms with E-state index in [0.717, 1.165) is 6.42 Å². The van der Waals surface area contributed by atoms with E-state index >= 15 is 0 Å². The van der Waals surface area contributed by atoms with Crippen LogP contribution in [0.1, 0.15) is 23.2 Å². The van der Waals surface area contributed by atoms with Crippen LogP contribution in [0.5, 0.6) is 0 Å². The Hall–Kier alpha value is -2.11. The highest BCUT2D eigenvalue weighted by Crippen LogP contribution is 2.23. The third-order valence-electron chi connectivity index (χ3n) is 3.98. The summed E-state index contributed by atoms with van der Waals surface area (Å²) in [5, 5.41) is 0. The van der Waals surface area contributed by atoms with Gasteiger partial charge in [0.1, 0.15) is 12.6 Å². The van der Waals surface area contributed by atoms with Crippen molar-refractivity contribution in [2.24, 2.45) is 7.05 Å². The lowest BCUT2D eigenvalue weighted by Gasteiger charge is -2.35. The van der Waals surface area contributed by atoms with Crippen LogP contribution >= 0.6 is 0 Å². The van der Waals surface area contributed by atoms with Gasteiger partial charge in [-0.15, -0.1) is 0 Å². The number of hydrogen-bond donors (Lipinski definition) is 0. The fraction of sp³-hybridized carbons (Fsp3) is 0.500. The molecule has 0 bridgehead atoms. The minimum Gasteiger partial charge on any atom is -0.357 e. The molecule has 0 saturated carbocycles. The molecule has 0 aliphatic carbocycles. The zero-order valence-electron chi connectivity index (χ0n) is 11.4. The topological polar surface area (TPSA) is 62.6 Å². The highest BCUT2D eigenvalue weighted by Gasteiger charge is 2.42. The fourth-order valence-electron chi connectivity index (χ4n) is 2.93. The summed E-state index contributed by atoms with van der Waals surface area (Å²) in [6, 6.07) is 1.38. The molecule has 2 amide bonds. The Morgan fingerprint density at radius 1 is 1.40 bits per heavy atom. The highest BCUT2D eigenvalue weighted by atomic mass is 16.2. The van der Waals surface area contributed by atoms with Crippen LogP contribution in [-0.2, 0) is 16.6 Å². The molecule has 2 aliphatic heterocycles. The number of carbonyl (C=O) groups is 3. The number of aryl methyl sites for hydroxylation is 1. The van der Waals surface area contributed by atoms with Gasteiger partial charge in [-0.3, -0.25) is 14.4 Å². The van der Waals surface area contributed by atoms with Gasteiger partial charge in [-0.05, 0) is 18.9 Å². The van der Waals surface area contributed by atoms with E-state index in [-0.39, 0.29) is 36.7 Å².